The number of benzene rings is 1. The Hall–Kier alpha value is -1.22. The molecular formula is C16H24N2O. The summed E-state index contributed by atoms with van der Waals surface area (Å²) in [7, 11) is 1.73. The van der Waals surface area contributed by atoms with Gasteiger partial charge < -0.3 is 10.1 Å². The van der Waals surface area contributed by atoms with Gasteiger partial charge in [-0.2, -0.15) is 0 Å². The topological polar surface area (TPSA) is 24.5 Å². The zero-order valence-electron chi connectivity index (χ0n) is 12.0. The molecule has 2 atom stereocenters. The maximum Gasteiger partial charge on any atom is 0.120 e. The van der Waals surface area contributed by atoms with E-state index in [1.54, 1.807) is 7.11 Å². The molecule has 0 amide bonds. The Labute approximate surface area is 115 Å². The van der Waals surface area contributed by atoms with E-state index in [1.165, 1.54) is 50.0 Å². The summed E-state index contributed by atoms with van der Waals surface area (Å²) in [5.41, 5.74) is 2.70. The smallest absolute Gasteiger partial charge is 0.120 e. The molecule has 3 heteroatoms. The lowest BCUT2D eigenvalue weighted by Crippen LogP contribution is -2.39. The summed E-state index contributed by atoms with van der Waals surface area (Å²) in [5, 5.41) is 3.60. The molecule has 104 valence electrons. The number of nitrogens with zero attached hydrogens (tertiary/aromatic N) is 1. The number of hydrogen-bond donors (Lipinski definition) is 1. The molecule has 1 fully saturated rings. The van der Waals surface area contributed by atoms with Crippen molar-refractivity contribution in [3.05, 3.63) is 23.8 Å². The van der Waals surface area contributed by atoms with E-state index < -0.39 is 0 Å². The van der Waals surface area contributed by atoms with Gasteiger partial charge in [-0.3, -0.25) is 4.90 Å². The third-order valence-corrected chi connectivity index (χ3v) is 4.43. The number of likely N-dealkylation sites (tertiary alicyclic amines) is 1. The van der Waals surface area contributed by atoms with E-state index in [1.807, 2.05) is 0 Å². The molecule has 3 rings (SSSR count). The highest BCUT2D eigenvalue weighted by atomic mass is 16.5. The second-order valence-corrected chi connectivity index (χ2v) is 5.85. The van der Waals surface area contributed by atoms with E-state index in [4.69, 9.17) is 4.74 Å². The summed E-state index contributed by atoms with van der Waals surface area (Å²) in [6.45, 7) is 4.78. The average molecular weight is 260 g/mol. The van der Waals surface area contributed by atoms with Crippen LogP contribution in [-0.2, 0) is 0 Å². The van der Waals surface area contributed by atoms with Crippen LogP contribution in [0.5, 0.6) is 5.75 Å². The van der Waals surface area contributed by atoms with Crippen LogP contribution in [0, 0.1) is 0 Å². The fourth-order valence-corrected chi connectivity index (χ4v) is 3.44. The van der Waals surface area contributed by atoms with E-state index in [-0.39, 0.29) is 0 Å². The molecule has 0 aliphatic carbocycles. The van der Waals surface area contributed by atoms with Gasteiger partial charge in [0, 0.05) is 23.8 Å². The summed E-state index contributed by atoms with van der Waals surface area (Å²) in [6, 6.07) is 7.59. The minimum atomic E-state index is 0.534. The first-order valence-corrected chi connectivity index (χ1v) is 7.46. The van der Waals surface area contributed by atoms with Crippen LogP contribution in [0.15, 0.2) is 18.2 Å². The SMILES string of the molecule is COc1ccc2c(c1)NC(C)CC2N1CCCCC1. The molecule has 19 heavy (non-hydrogen) atoms. The fraction of sp³-hybridized carbons (Fsp3) is 0.625. The number of nitrogens with one attached hydrogen (secondary N) is 1. The van der Waals surface area contributed by atoms with Crippen molar-refractivity contribution in [1.29, 1.82) is 0 Å². The zero-order chi connectivity index (χ0) is 13.2. The highest BCUT2D eigenvalue weighted by molar-refractivity contribution is 5.58. The molecule has 0 radical (unpaired) electrons. The minimum Gasteiger partial charge on any atom is -0.497 e. The Morgan fingerprint density at radius 1 is 1.21 bits per heavy atom. The van der Waals surface area contributed by atoms with Gasteiger partial charge in [-0.05, 0) is 50.9 Å². The molecule has 2 aliphatic rings. The Morgan fingerprint density at radius 2 is 2.00 bits per heavy atom. The van der Waals surface area contributed by atoms with E-state index in [0.717, 1.165) is 5.75 Å². The molecule has 0 spiro atoms. The molecule has 1 aromatic rings. The van der Waals surface area contributed by atoms with Gasteiger partial charge in [0.05, 0.1) is 7.11 Å². The van der Waals surface area contributed by atoms with Crippen molar-refractivity contribution in [3.8, 4) is 5.75 Å². The van der Waals surface area contributed by atoms with Crippen molar-refractivity contribution in [2.45, 2.75) is 44.7 Å². The van der Waals surface area contributed by atoms with Crippen LogP contribution in [-0.4, -0.2) is 31.1 Å². The summed E-state index contributed by atoms with van der Waals surface area (Å²) in [6.07, 6.45) is 5.30. The van der Waals surface area contributed by atoms with Gasteiger partial charge in [0.2, 0.25) is 0 Å². The standard InChI is InChI=1S/C16H24N2O/c1-12-10-16(18-8-4-3-5-9-18)14-7-6-13(19-2)11-15(14)17-12/h6-7,11-12,16-17H,3-5,8-10H2,1-2H3. The maximum absolute atomic E-state index is 5.34. The number of anilines is 1. The number of fused-ring (bicyclic) bond motifs is 1. The van der Waals surface area contributed by atoms with Crippen LogP contribution in [0.1, 0.15) is 44.2 Å². The van der Waals surface area contributed by atoms with Gasteiger partial charge >= 0.3 is 0 Å². The van der Waals surface area contributed by atoms with Crippen molar-refractivity contribution in [3.63, 3.8) is 0 Å². The van der Waals surface area contributed by atoms with Crippen LogP contribution in [0.3, 0.4) is 0 Å². The Bertz CT molecular complexity index is 440. The Balaban J connectivity index is 1.90. The normalized spacial score (nSPS) is 27.5. The van der Waals surface area contributed by atoms with Crippen molar-refractivity contribution in [2.75, 3.05) is 25.5 Å². The first-order chi connectivity index (χ1) is 9.28. The molecule has 1 saturated heterocycles. The quantitative estimate of drug-likeness (QED) is 0.881. The van der Waals surface area contributed by atoms with Crippen LogP contribution in [0.25, 0.3) is 0 Å². The lowest BCUT2D eigenvalue weighted by atomic mass is 9.91. The third-order valence-electron chi connectivity index (χ3n) is 4.43. The molecule has 2 unspecified atom stereocenters. The maximum atomic E-state index is 5.34. The van der Waals surface area contributed by atoms with Gasteiger partial charge in [0.1, 0.15) is 5.75 Å². The third kappa shape index (κ3) is 2.57. The molecule has 2 heterocycles. The summed E-state index contributed by atoms with van der Waals surface area (Å²) in [4.78, 5) is 2.67. The molecule has 0 saturated carbocycles. The van der Waals surface area contributed by atoms with E-state index >= 15 is 0 Å². The monoisotopic (exact) mass is 260 g/mol. The number of ether oxygens (including phenoxy) is 1. The van der Waals surface area contributed by atoms with Crippen LogP contribution in [0.2, 0.25) is 0 Å². The number of methoxy groups -OCH3 is 1. The molecular weight excluding hydrogens is 236 g/mol. The Morgan fingerprint density at radius 3 is 2.74 bits per heavy atom. The molecule has 3 nitrogen and oxygen atoms in total. The number of piperidine rings is 1. The second kappa shape index (κ2) is 5.41. The van der Waals surface area contributed by atoms with Crippen LogP contribution < -0.4 is 10.1 Å². The van der Waals surface area contributed by atoms with Crippen molar-refractivity contribution in [2.24, 2.45) is 0 Å². The van der Waals surface area contributed by atoms with E-state index in [0.29, 0.717) is 12.1 Å². The molecule has 1 N–H and O–H groups in total. The van der Waals surface area contributed by atoms with E-state index in [9.17, 15) is 0 Å². The summed E-state index contributed by atoms with van der Waals surface area (Å²) >= 11 is 0. The average Bonchev–Trinajstić information content (AvgIpc) is 2.46. The van der Waals surface area contributed by atoms with Crippen molar-refractivity contribution in [1.82, 2.24) is 4.90 Å². The van der Waals surface area contributed by atoms with Crippen LogP contribution >= 0.6 is 0 Å². The fourth-order valence-electron chi connectivity index (χ4n) is 3.44. The zero-order valence-corrected chi connectivity index (χ0v) is 12.0. The first kappa shape index (κ1) is 12.8. The lowest BCUT2D eigenvalue weighted by Gasteiger charge is -2.40. The molecule has 1 aromatic carbocycles. The second-order valence-electron chi connectivity index (χ2n) is 5.85. The largest absolute Gasteiger partial charge is 0.497 e. The lowest BCUT2D eigenvalue weighted by molar-refractivity contribution is 0.149. The van der Waals surface area contributed by atoms with Gasteiger partial charge in [-0.25, -0.2) is 0 Å². The van der Waals surface area contributed by atoms with Gasteiger partial charge in [-0.1, -0.05) is 12.5 Å². The summed E-state index contributed by atoms with van der Waals surface area (Å²) in [5.74, 6) is 0.942. The van der Waals surface area contributed by atoms with Crippen molar-refractivity contribution < 1.29 is 4.74 Å². The molecule has 0 bridgehead atoms. The molecule has 2 aliphatic heterocycles. The highest BCUT2D eigenvalue weighted by Crippen LogP contribution is 2.39. The Kier molecular flexibility index (Phi) is 3.65. The minimum absolute atomic E-state index is 0.534. The van der Waals surface area contributed by atoms with Crippen LogP contribution in [0.4, 0.5) is 5.69 Å². The first-order valence-electron chi connectivity index (χ1n) is 7.46. The van der Waals surface area contributed by atoms with Crippen molar-refractivity contribution >= 4 is 5.69 Å². The number of hydrogen-bond acceptors (Lipinski definition) is 3. The predicted octanol–water partition coefficient (Wildman–Crippen LogP) is 3.43. The molecule has 0 aromatic heterocycles. The van der Waals surface area contributed by atoms with Gasteiger partial charge in [-0.15, -0.1) is 0 Å². The summed E-state index contributed by atoms with van der Waals surface area (Å²) < 4.78 is 5.34. The van der Waals surface area contributed by atoms with Gasteiger partial charge in [0.25, 0.3) is 0 Å². The number of rotatable bonds is 2. The van der Waals surface area contributed by atoms with E-state index in [2.05, 4.69) is 35.3 Å². The predicted molar refractivity (Wildman–Crippen MR) is 78.9 cm³/mol. The van der Waals surface area contributed by atoms with Gasteiger partial charge in [0.15, 0.2) is 0 Å². The highest BCUT2D eigenvalue weighted by Gasteiger charge is 2.29.